The first-order valence-electron chi connectivity index (χ1n) is 8.46. The molecule has 0 aliphatic heterocycles. The lowest BCUT2D eigenvalue weighted by molar-refractivity contribution is -0.115. The van der Waals surface area contributed by atoms with Crippen molar-refractivity contribution in [2.24, 2.45) is 0 Å². The second-order valence-electron chi connectivity index (χ2n) is 6.16. The van der Waals surface area contributed by atoms with Gasteiger partial charge in [0.2, 0.25) is 5.91 Å². The predicted octanol–water partition coefficient (Wildman–Crippen LogP) is 5.48. The zero-order valence-corrected chi connectivity index (χ0v) is 15.0. The fourth-order valence-corrected chi connectivity index (χ4v) is 3.86. The summed E-state index contributed by atoms with van der Waals surface area (Å²) in [6.45, 7) is 0. The molecule has 132 valence electrons. The van der Waals surface area contributed by atoms with Gasteiger partial charge in [0, 0.05) is 27.9 Å². The van der Waals surface area contributed by atoms with E-state index in [1.54, 1.807) is 6.26 Å². The largest absolute Gasteiger partial charge is 0.462 e. The zero-order valence-electron chi connectivity index (χ0n) is 14.1. The first kappa shape index (κ1) is 15.8. The number of amides is 1. The summed E-state index contributed by atoms with van der Waals surface area (Å²) in [5, 5.41) is 7.66. The highest BCUT2D eigenvalue weighted by Crippen LogP contribution is 2.30. The summed E-state index contributed by atoms with van der Waals surface area (Å²) in [5.41, 5.74) is 3.01. The van der Waals surface area contributed by atoms with Gasteiger partial charge in [-0.25, -0.2) is 4.98 Å². The lowest BCUT2D eigenvalue weighted by Crippen LogP contribution is -2.14. The Bertz CT molecular complexity index is 1250. The minimum absolute atomic E-state index is 0.123. The molecule has 0 unspecified atom stereocenters. The Kier molecular flexibility index (Phi) is 3.76. The van der Waals surface area contributed by atoms with Crippen LogP contribution < -0.4 is 5.32 Å². The van der Waals surface area contributed by atoms with Gasteiger partial charge in [0.1, 0.15) is 11.2 Å². The molecule has 3 heterocycles. The van der Waals surface area contributed by atoms with Crippen LogP contribution in [0.5, 0.6) is 0 Å². The van der Waals surface area contributed by atoms with Crippen LogP contribution in [-0.2, 0) is 11.2 Å². The maximum Gasteiger partial charge on any atom is 0.230 e. The number of carbonyl (C=O) groups is 1. The summed E-state index contributed by atoms with van der Waals surface area (Å²) >= 11 is 1.46. The molecule has 2 aromatic carbocycles. The molecule has 5 nitrogen and oxygen atoms in total. The van der Waals surface area contributed by atoms with Gasteiger partial charge in [-0.1, -0.05) is 18.2 Å². The molecular weight excluding hydrogens is 360 g/mol. The molecule has 5 aromatic rings. The highest BCUT2D eigenvalue weighted by molar-refractivity contribution is 7.13. The Morgan fingerprint density at radius 2 is 1.93 bits per heavy atom. The first-order chi connectivity index (χ1) is 13.3. The fourth-order valence-electron chi connectivity index (χ4n) is 3.07. The first-order valence-corrected chi connectivity index (χ1v) is 9.34. The van der Waals surface area contributed by atoms with Gasteiger partial charge in [0.05, 0.1) is 18.4 Å². The zero-order chi connectivity index (χ0) is 18.2. The van der Waals surface area contributed by atoms with Crippen molar-refractivity contribution in [3.63, 3.8) is 0 Å². The Labute approximate surface area is 158 Å². The van der Waals surface area contributed by atoms with E-state index in [2.05, 4.69) is 10.3 Å². The van der Waals surface area contributed by atoms with Crippen LogP contribution >= 0.6 is 11.3 Å². The van der Waals surface area contributed by atoms with Crippen molar-refractivity contribution in [3.05, 3.63) is 71.9 Å². The van der Waals surface area contributed by atoms with Gasteiger partial charge in [-0.2, -0.15) is 0 Å². The molecule has 0 aliphatic rings. The third kappa shape index (κ3) is 3.00. The van der Waals surface area contributed by atoms with Gasteiger partial charge in [0.25, 0.3) is 0 Å². The lowest BCUT2D eigenvalue weighted by Gasteiger charge is -2.03. The molecule has 27 heavy (non-hydrogen) atoms. The van der Waals surface area contributed by atoms with Crippen molar-refractivity contribution in [2.75, 3.05) is 5.32 Å². The number of anilines is 1. The topological polar surface area (TPSA) is 68.3 Å². The molecule has 0 fully saturated rings. The third-order valence-electron chi connectivity index (χ3n) is 4.29. The molecule has 0 saturated carbocycles. The second-order valence-corrected chi connectivity index (χ2v) is 7.01. The van der Waals surface area contributed by atoms with Gasteiger partial charge in [0.15, 0.2) is 10.8 Å². The molecule has 0 saturated heterocycles. The molecule has 0 spiro atoms. The van der Waals surface area contributed by atoms with Crippen molar-refractivity contribution < 1.29 is 13.6 Å². The van der Waals surface area contributed by atoms with Crippen molar-refractivity contribution in [2.45, 2.75) is 6.42 Å². The molecule has 0 bridgehead atoms. The number of fused-ring (bicyclic) bond motifs is 3. The average Bonchev–Trinajstić information content (AvgIpc) is 3.40. The molecule has 1 amide bonds. The van der Waals surface area contributed by atoms with Gasteiger partial charge >= 0.3 is 0 Å². The highest BCUT2D eigenvalue weighted by atomic mass is 32.1. The van der Waals surface area contributed by atoms with Crippen LogP contribution in [0.2, 0.25) is 0 Å². The number of rotatable bonds is 4. The number of para-hydroxylation sites is 1. The van der Waals surface area contributed by atoms with E-state index in [1.807, 2.05) is 60.0 Å². The fraction of sp³-hybridized carbons (Fsp3) is 0.0476. The van der Waals surface area contributed by atoms with Crippen molar-refractivity contribution in [1.82, 2.24) is 4.98 Å². The van der Waals surface area contributed by atoms with Crippen LogP contribution in [0, 0.1) is 0 Å². The minimum atomic E-state index is -0.123. The number of furan rings is 2. The van der Waals surface area contributed by atoms with Gasteiger partial charge in [-0.05, 0) is 30.3 Å². The predicted molar refractivity (Wildman–Crippen MR) is 106 cm³/mol. The summed E-state index contributed by atoms with van der Waals surface area (Å²) in [6, 6.07) is 17.3. The smallest absolute Gasteiger partial charge is 0.230 e. The molecule has 3 aromatic heterocycles. The van der Waals surface area contributed by atoms with Crippen LogP contribution in [-0.4, -0.2) is 10.9 Å². The highest BCUT2D eigenvalue weighted by Gasteiger charge is 2.12. The molecule has 5 rings (SSSR count). The molecule has 0 radical (unpaired) electrons. The van der Waals surface area contributed by atoms with E-state index >= 15 is 0 Å². The van der Waals surface area contributed by atoms with Gasteiger partial charge in [-0.15, -0.1) is 11.3 Å². The van der Waals surface area contributed by atoms with Crippen LogP contribution in [0.3, 0.4) is 0 Å². The number of nitrogens with one attached hydrogen (secondary N) is 1. The Hall–Kier alpha value is -3.38. The summed E-state index contributed by atoms with van der Waals surface area (Å²) in [4.78, 5) is 16.8. The van der Waals surface area contributed by atoms with E-state index in [4.69, 9.17) is 8.83 Å². The Balaban J connectivity index is 1.34. The van der Waals surface area contributed by atoms with Crippen LogP contribution in [0.15, 0.2) is 75.1 Å². The normalized spacial score (nSPS) is 11.3. The molecule has 0 aliphatic carbocycles. The summed E-state index contributed by atoms with van der Waals surface area (Å²) < 4.78 is 11.2. The maximum atomic E-state index is 12.4. The minimum Gasteiger partial charge on any atom is -0.462 e. The third-order valence-corrected chi connectivity index (χ3v) is 5.19. The number of benzene rings is 2. The standard InChI is InChI=1S/C21H14N2O3S/c24-20(11-14-12-27-21(23-14)18-6-3-9-25-18)22-13-7-8-16-15-4-1-2-5-17(15)26-19(16)10-13/h1-10,12H,11H2,(H,22,24). The van der Waals surface area contributed by atoms with Gasteiger partial charge < -0.3 is 14.2 Å². The molecular formula is C21H14N2O3S. The number of hydrogen-bond donors (Lipinski definition) is 1. The molecule has 6 heteroatoms. The van der Waals surface area contributed by atoms with Crippen molar-refractivity contribution >= 4 is 44.9 Å². The van der Waals surface area contributed by atoms with E-state index in [0.29, 0.717) is 17.1 Å². The molecule has 1 N–H and O–H groups in total. The average molecular weight is 374 g/mol. The number of nitrogens with zero attached hydrogens (tertiary/aromatic N) is 1. The molecule has 0 atom stereocenters. The summed E-state index contributed by atoms with van der Waals surface area (Å²) in [7, 11) is 0. The van der Waals surface area contributed by atoms with E-state index in [1.165, 1.54) is 11.3 Å². The van der Waals surface area contributed by atoms with E-state index in [9.17, 15) is 4.79 Å². The van der Waals surface area contributed by atoms with Gasteiger partial charge in [-0.3, -0.25) is 4.79 Å². The summed E-state index contributed by atoms with van der Waals surface area (Å²) in [6.07, 6.45) is 1.81. The second kappa shape index (κ2) is 6.41. The lowest BCUT2D eigenvalue weighted by atomic mass is 10.1. The quantitative estimate of drug-likeness (QED) is 0.452. The van der Waals surface area contributed by atoms with E-state index in [0.717, 1.165) is 26.9 Å². The number of aromatic nitrogens is 1. The van der Waals surface area contributed by atoms with E-state index < -0.39 is 0 Å². The number of thiazole rings is 1. The maximum absolute atomic E-state index is 12.4. The van der Waals surface area contributed by atoms with Crippen LogP contribution in [0.25, 0.3) is 32.7 Å². The number of hydrogen-bond acceptors (Lipinski definition) is 5. The van der Waals surface area contributed by atoms with E-state index in [-0.39, 0.29) is 12.3 Å². The van der Waals surface area contributed by atoms with Crippen molar-refractivity contribution in [3.8, 4) is 10.8 Å². The SMILES string of the molecule is O=C(Cc1csc(-c2ccco2)n1)Nc1ccc2c(c1)oc1ccccc12. The van der Waals surface area contributed by atoms with Crippen molar-refractivity contribution in [1.29, 1.82) is 0 Å². The Morgan fingerprint density at radius 1 is 1.04 bits per heavy atom. The van der Waals surface area contributed by atoms with Crippen LogP contribution in [0.4, 0.5) is 5.69 Å². The van der Waals surface area contributed by atoms with Crippen LogP contribution in [0.1, 0.15) is 5.69 Å². The Morgan fingerprint density at radius 3 is 2.81 bits per heavy atom. The summed E-state index contributed by atoms with van der Waals surface area (Å²) in [5.74, 6) is 0.587. The monoisotopic (exact) mass is 374 g/mol. The number of carbonyl (C=O) groups excluding carboxylic acids is 1.